The van der Waals surface area contributed by atoms with E-state index in [4.69, 9.17) is 0 Å². The van der Waals surface area contributed by atoms with Gasteiger partial charge in [-0.3, -0.25) is 18.4 Å². The minimum atomic E-state index is -3.54. The van der Waals surface area contributed by atoms with Crippen LogP contribution in [-0.4, -0.2) is 40.3 Å². The van der Waals surface area contributed by atoms with E-state index in [1.807, 2.05) is 0 Å². The van der Waals surface area contributed by atoms with Gasteiger partial charge in [0.05, 0.1) is 0 Å². The van der Waals surface area contributed by atoms with Crippen LogP contribution >= 0.6 is 7.82 Å². The molecule has 0 rings (SSSR count). The summed E-state index contributed by atoms with van der Waals surface area (Å²) >= 11 is 0. The first-order chi connectivity index (χ1) is 6.08. The van der Waals surface area contributed by atoms with Gasteiger partial charge in [-0.15, -0.1) is 0 Å². The van der Waals surface area contributed by atoms with Crippen LogP contribution in [0.3, 0.4) is 0 Å². The van der Waals surface area contributed by atoms with E-state index < -0.39 is 7.82 Å². The molecule has 0 aliphatic carbocycles. The molecule has 0 unspecified atom stereocenters. The summed E-state index contributed by atoms with van der Waals surface area (Å²) < 4.78 is 29.2. The summed E-state index contributed by atoms with van der Waals surface area (Å²) in [6.45, 7) is -0.444. The second-order valence-electron chi connectivity index (χ2n) is 2.06. The first-order valence-electron chi connectivity index (χ1n) is 3.44. The summed E-state index contributed by atoms with van der Waals surface area (Å²) in [4.78, 5) is 10.8. The molecule has 0 saturated heterocycles. The third-order valence-electron chi connectivity index (χ3n) is 1.14. The lowest BCUT2D eigenvalue weighted by atomic mass is 10.5. The van der Waals surface area contributed by atoms with Gasteiger partial charge in [-0.25, -0.2) is 4.57 Å². The monoisotopic (exact) mass is 212 g/mol. The van der Waals surface area contributed by atoms with E-state index in [1.54, 1.807) is 0 Å². The summed E-state index contributed by atoms with van der Waals surface area (Å²) in [5.41, 5.74) is 0. The number of Topliss-reactive ketones (excluding diaryl/α,β-unsaturated/α-hetero) is 1. The number of methoxy groups -OCH3 is 1. The number of phosphoric ester groups is 1. The fraction of sp³-hybridized carbons (Fsp3) is 0.833. The molecule has 0 N–H and O–H groups in total. The molecule has 0 amide bonds. The largest absolute Gasteiger partial charge is 0.474 e. The van der Waals surface area contributed by atoms with E-state index in [9.17, 15) is 9.36 Å². The highest BCUT2D eigenvalue weighted by Gasteiger charge is 2.23. The van der Waals surface area contributed by atoms with E-state index in [0.29, 0.717) is 0 Å². The average molecular weight is 212 g/mol. The third-order valence-corrected chi connectivity index (χ3v) is 2.48. The molecule has 0 atom stereocenters. The molecule has 0 aromatic rings. The lowest BCUT2D eigenvalue weighted by Crippen LogP contribution is -2.13. The number of carbonyl (C=O) groups excluding carboxylic acids is 1. The molecule has 7 heteroatoms. The van der Waals surface area contributed by atoms with Crippen molar-refractivity contribution in [2.24, 2.45) is 0 Å². The Kier molecular flexibility index (Phi) is 6.11. The van der Waals surface area contributed by atoms with Gasteiger partial charge < -0.3 is 4.74 Å². The maximum absolute atomic E-state index is 11.2. The highest BCUT2D eigenvalue weighted by atomic mass is 31.2. The number of phosphoric acid groups is 1. The average Bonchev–Trinajstić information content (AvgIpc) is 2.15. The summed E-state index contributed by atoms with van der Waals surface area (Å²) in [6.07, 6.45) is 0. The maximum Gasteiger partial charge on any atom is 0.474 e. The summed E-state index contributed by atoms with van der Waals surface area (Å²) in [6, 6.07) is 0. The van der Waals surface area contributed by atoms with Crippen molar-refractivity contribution in [3.05, 3.63) is 0 Å². The molecule has 0 radical (unpaired) electrons. The number of rotatable bonds is 7. The van der Waals surface area contributed by atoms with E-state index in [0.717, 1.165) is 0 Å². The Morgan fingerprint density at radius 3 is 2.08 bits per heavy atom. The molecular formula is C6H13O6P. The standard InChI is InChI=1S/C6H13O6P/c1-9-4-6(7)5-12-13(8,10-2)11-3/h4-5H2,1-3H3. The predicted molar refractivity (Wildman–Crippen MR) is 44.5 cm³/mol. The van der Waals surface area contributed by atoms with E-state index in [1.165, 1.54) is 21.3 Å². The molecule has 0 aromatic carbocycles. The molecule has 0 spiro atoms. The van der Waals surface area contributed by atoms with Gasteiger partial charge in [0, 0.05) is 21.3 Å². The number of ketones is 1. The van der Waals surface area contributed by atoms with E-state index in [2.05, 4.69) is 18.3 Å². The Hall–Kier alpha value is -0.260. The van der Waals surface area contributed by atoms with Crippen molar-refractivity contribution in [1.29, 1.82) is 0 Å². The molecule has 0 heterocycles. The molecule has 6 nitrogen and oxygen atoms in total. The zero-order chi connectivity index (χ0) is 10.3. The molecule has 0 bridgehead atoms. The van der Waals surface area contributed by atoms with Crippen LogP contribution in [0, 0.1) is 0 Å². The van der Waals surface area contributed by atoms with Crippen molar-refractivity contribution in [3.8, 4) is 0 Å². The molecule has 0 aliphatic heterocycles. The number of ether oxygens (including phenoxy) is 1. The molecule has 78 valence electrons. The Labute approximate surface area is 76.7 Å². The Morgan fingerprint density at radius 2 is 1.69 bits per heavy atom. The second kappa shape index (κ2) is 6.23. The van der Waals surface area contributed by atoms with Crippen molar-refractivity contribution in [2.45, 2.75) is 0 Å². The van der Waals surface area contributed by atoms with Gasteiger partial charge in [0.2, 0.25) is 0 Å². The van der Waals surface area contributed by atoms with Crippen molar-refractivity contribution >= 4 is 13.6 Å². The normalized spacial score (nSPS) is 11.6. The van der Waals surface area contributed by atoms with Gasteiger partial charge in [0.25, 0.3) is 0 Å². The first kappa shape index (κ1) is 12.7. The summed E-state index contributed by atoms with van der Waals surface area (Å²) in [5, 5.41) is 0. The summed E-state index contributed by atoms with van der Waals surface area (Å²) in [7, 11) is 0.187. The van der Waals surface area contributed by atoms with Crippen LogP contribution in [0.1, 0.15) is 0 Å². The number of carbonyl (C=O) groups is 1. The van der Waals surface area contributed by atoms with Crippen molar-refractivity contribution < 1.29 is 27.7 Å². The molecule has 13 heavy (non-hydrogen) atoms. The van der Waals surface area contributed by atoms with Crippen molar-refractivity contribution in [3.63, 3.8) is 0 Å². The quantitative estimate of drug-likeness (QED) is 0.576. The van der Waals surface area contributed by atoms with Gasteiger partial charge in [-0.2, -0.15) is 0 Å². The first-order valence-corrected chi connectivity index (χ1v) is 4.90. The fourth-order valence-corrected chi connectivity index (χ4v) is 1.20. The molecule has 0 aromatic heterocycles. The van der Waals surface area contributed by atoms with Crippen LogP contribution in [-0.2, 0) is 27.7 Å². The smallest absolute Gasteiger partial charge is 0.377 e. The van der Waals surface area contributed by atoms with Gasteiger partial charge in [-0.1, -0.05) is 0 Å². The van der Waals surface area contributed by atoms with Crippen LogP contribution in [0.4, 0.5) is 0 Å². The Morgan fingerprint density at radius 1 is 1.15 bits per heavy atom. The molecule has 0 aliphatic rings. The molecule has 0 saturated carbocycles. The predicted octanol–water partition coefficient (Wildman–Crippen LogP) is 0.619. The van der Waals surface area contributed by atoms with E-state index in [-0.39, 0.29) is 19.0 Å². The SMILES string of the molecule is COCC(=O)COP(=O)(OC)OC. The maximum atomic E-state index is 11.2. The Balaban J connectivity index is 3.86. The van der Waals surface area contributed by atoms with Gasteiger partial charge in [0.1, 0.15) is 13.2 Å². The number of hydrogen-bond acceptors (Lipinski definition) is 6. The van der Waals surface area contributed by atoms with Crippen LogP contribution < -0.4 is 0 Å². The second-order valence-corrected chi connectivity index (χ2v) is 3.94. The minimum Gasteiger partial charge on any atom is -0.377 e. The lowest BCUT2D eigenvalue weighted by molar-refractivity contribution is -0.125. The van der Waals surface area contributed by atoms with Crippen LogP contribution in [0.5, 0.6) is 0 Å². The zero-order valence-electron chi connectivity index (χ0n) is 7.81. The third kappa shape index (κ3) is 5.13. The molecule has 0 fully saturated rings. The zero-order valence-corrected chi connectivity index (χ0v) is 8.71. The topological polar surface area (TPSA) is 71.1 Å². The van der Waals surface area contributed by atoms with Crippen LogP contribution in [0.15, 0.2) is 0 Å². The Bertz CT molecular complexity index is 195. The molecular weight excluding hydrogens is 199 g/mol. The number of hydrogen-bond donors (Lipinski definition) is 0. The van der Waals surface area contributed by atoms with Crippen molar-refractivity contribution in [2.75, 3.05) is 34.5 Å². The van der Waals surface area contributed by atoms with Crippen LogP contribution in [0.2, 0.25) is 0 Å². The lowest BCUT2D eigenvalue weighted by Gasteiger charge is -2.12. The van der Waals surface area contributed by atoms with Crippen LogP contribution in [0.25, 0.3) is 0 Å². The summed E-state index contributed by atoms with van der Waals surface area (Å²) in [5.74, 6) is -0.336. The minimum absolute atomic E-state index is 0.0899. The van der Waals surface area contributed by atoms with Gasteiger partial charge in [-0.05, 0) is 0 Å². The van der Waals surface area contributed by atoms with Gasteiger partial charge >= 0.3 is 7.82 Å². The van der Waals surface area contributed by atoms with Crippen molar-refractivity contribution in [1.82, 2.24) is 0 Å². The highest BCUT2D eigenvalue weighted by molar-refractivity contribution is 7.48. The van der Waals surface area contributed by atoms with E-state index >= 15 is 0 Å². The van der Waals surface area contributed by atoms with Gasteiger partial charge in [0.15, 0.2) is 5.78 Å². The fourth-order valence-electron chi connectivity index (χ4n) is 0.534. The highest BCUT2D eigenvalue weighted by Crippen LogP contribution is 2.47.